The number of hydrogen-bond acceptors (Lipinski definition) is 2. The Morgan fingerprint density at radius 3 is 1.98 bits per heavy atom. The monoisotopic (exact) mass is 721 g/mol. The second kappa shape index (κ2) is 22.6. The van der Waals surface area contributed by atoms with E-state index in [1.807, 2.05) is 34.7 Å². The highest BCUT2D eigenvalue weighted by atomic mass is 14.9. The van der Waals surface area contributed by atoms with Crippen LogP contribution in [-0.4, -0.2) is 7.05 Å². The van der Waals surface area contributed by atoms with Crippen molar-refractivity contribution in [1.29, 1.82) is 0 Å². The van der Waals surface area contributed by atoms with Gasteiger partial charge in [0.2, 0.25) is 0 Å². The highest BCUT2D eigenvalue weighted by Gasteiger charge is 2.64. The summed E-state index contributed by atoms with van der Waals surface area (Å²) >= 11 is 0. The maximum Gasteiger partial charge on any atom is 0.0398 e. The predicted octanol–water partition coefficient (Wildman–Crippen LogP) is 15.6. The van der Waals surface area contributed by atoms with E-state index in [0.29, 0.717) is 21.7 Å². The molecule has 4 fully saturated rings. The van der Waals surface area contributed by atoms with Gasteiger partial charge in [0.15, 0.2) is 0 Å². The maximum absolute atomic E-state index is 4.78. The largest absolute Gasteiger partial charge is 0.388 e. The fraction of sp³-hybridized carbons (Fsp3) is 0.800. The fourth-order valence-electron chi connectivity index (χ4n) is 12.2. The van der Waals surface area contributed by atoms with Crippen molar-refractivity contribution in [1.82, 2.24) is 10.6 Å². The van der Waals surface area contributed by atoms with Gasteiger partial charge in [-0.25, -0.2) is 0 Å². The Labute approximate surface area is 327 Å². The molecular weight excluding hydrogens is 629 g/mol. The van der Waals surface area contributed by atoms with Crippen LogP contribution in [0, 0.1) is 51.2 Å². The summed E-state index contributed by atoms with van der Waals surface area (Å²) in [6, 6.07) is 8.79. The standard InChI is InChI=1S/C38H60N2.C5H12.C3H8.2C2H6/c1-10-20-37(8)33(35(4,5)6)19-22-36(7)31-18-23-38(21-12-15-32(38)30(31)16-17-34(36)37)27(3)40-25-28-13-11-14-29(24-28)26(2)39-9;1-3-5-4-2;1-3-2;2*1-2/h11,13-14,24,30-34,39-40H,2-3,10,12,15-23,25H2,1,4-9H3;3-5H2,1-2H3;3H2,1-2H3;2*1-2H3. The number of rotatable bonds is 10. The van der Waals surface area contributed by atoms with Crippen molar-refractivity contribution in [2.24, 2.45) is 51.2 Å². The van der Waals surface area contributed by atoms with Gasteiger partial charge in [-0.05, 0) is 121 Å². The smallest absolute Gasteiger partial charge is 0.0398 e. The van der Waals surface area contributed by atoms with E-state index in [4.69, 9.17) is 6.58 Å². The second-order valence-electron chi connectivity index (χ2n) is 18.1. The van der Waals surface area contributed by atoms with E-state index in [2.05, 4.69) is 111 Å². The molecule has 0 bridgehead atoms. The summed E-state index contributed by atoms with van der Waals surface area (Å²) < 4.78 is 0. The summed E-state index contributed by atoms with van der Waals surface area (Å²) in [5.41, 5.74) is 6.49. The Bertz CT molecular complexity index is 1160. The molecule has 4 aliphatic carbocycles. The van der Waals surface area contributed by atoms with E-state index in [1.165, 1.54) is 113 Å². The molecule has 52 heavy (non-hydrogen) atoms. The van der Waals surface area contributed by atoms with Crippen LogP contribution in [-0.2, 0) is 6.54 Å². The summed E-state index contributed by atoms with van der Waals surface area (Å²) in [7, 11) is 1.94. The van der Waals surface area contributed by atoms with Gasteiger partial charge in [-0.1, -0.05) is 167 Å². The third-order valence-corrected chi connectivity index (χ3v) is 14.0. The summed E-state index contributed by atoms with van der Waals surface area (Å²) in [4.78, 5) is 0. The number of unbranched alkanes of at least 4 members (excludes halogenated alkanes) is 2. The minimum absolute atomic E-state index is 0.297. The van der Waals surface area contributed by atoms with Gasteiger partial charge in [0.05, 0.1) is 0 Å². The number of fused-ring (bicyclic) bond motifs is 5. The Kier molecular flexibility index (Phi) is 21.0. The van der Waals surface area contributed by atoms with E-state index in [0.717, 1.165) is 41.8 Å². The Morgan fingerprint density at radius 1 is 0.808 bits per heavy atom. The molecule has 2 heteroatoms. The first-order valence-electron chi connectivity index (χ1n) is 22.6. The Morgan fingerprint density at radius 2 is 1.44 bits per heavy atom. The zero-order chi connectivity index (χ0) is 39.8. The van der Waals surface area contributed by atoms with Crippen molar-refractivity contribution < 1.29 is 0 Å². The van der Waals surface area contributed by atoms with Gasteiger partial charge >= 0.3 is 0 Å². The van der Waals surface area contributed by atoms with E-state index in [-0.39, 0.29) is 0 Å². The molecule has 5 rings (SSSR count). The molecule has 0 radical (unpaired) electrons. The lowest BCUT2D eigenvalue weighted by Gasteiger charge is -2.67. The minimum atomic E-state index is 0.297. The highest BCUT2D eigenvalue weighted by Crippen LogP contribution is 2.72. The number of benzene rings is 1. The molecule has 4 aliphatic rings. The molecule has 0 spiro atoms. The summed E-state index contributed by atoms with van der Waals surface area (Å²) in [6.07, 6.45) is 20.7. The number of nitrogens with one attached hydrogen (secondary N) is 2. The van der Waals surface area contributed by atoms with Crippen molar-refractivity contribution >= 4 is 5.70 Å². The van der Waals surface area contributed by atoms with Gasteiger partial charge in [0, 0.05) is 30.4 Å². The molecule has 0 heterocycles. The Balaban J connectivity index is 0.000000996. The summed E-state index contributed by atoms with van der Waals surface area (Å²) in [5.74, 6) is 4.33. The van der Waals surface area contributed by atoms with Crippen molar-refractivity contribution in [2.45, 2.75) is 200 Å². The normalized spacial score (nSPS) is 31.4. The first-order chi connectivity index (χ1) is 24.7. The van der Waals surface area contributed by atoms with Gasteiger partial charge in [0.25, 0.3) is 0 Å². The summed E-state index contributed by atoms with van der Waals surface area (Å²) in [5, 5.41) is 7.08. The molecule has 302 valence electrons. The van der Waals surface area contributed by atoms with Crippen LogP contribution in [0.4, 0.5) is 0 Å². The molecule has 0 aromatic heterocycles. The van der Waals surface area contributed by atoms with Gasteiger partial charge in [-0.3, -0.25) is 0 Å². The molecule has 0 aliphatic heterocycles. The lowest BCUT2D eigenvalue weighted by Crippen LogP contribution is -2.60. The second-order valence-corrected chi connectivity index (χ2v) is 18.1. The first-order valence-corrected chi connectivity index (χ1v) is 22.6. The number of hydrogen-bond donors (Lipinski definition) is 2. The Hall–Kier alpha value is -1.70. The molecule has 2 N–H and O–H groups in total. The van der Waals surface area contributed by atoms with Gasteiger partial charge in [0.1, 0.15) is 0 Å². The fourth-order valence-corrected chi connectivity index (χ4v) is 12.2. The molecule has 0 saturated heterocycles. The van der Waals surface area contributed by atoms with Crippen LogP contribution in [0.1, 0.15) is 204 Å². The predicted molar refractivity (Wildman–Crippen MR) is 236 cm³/mol. The molecule has 4 saturated carbocycles. The lowest BCUT2D eigenvalue weighted by atomic mass is 9.38. The quantitative estimate of drug-likeness (QED) is 0.251. The van der Waals surface area contributed by atoms with Crippen molar-refractivity contribution in [3.8, 4) is 0 Å². The molecule has 0 amide bonds. The summed E-state index contributed by atoms with van der Waals surface area (Å²) in [6.45, 7) is 42.0. The topological polar surface area (TPSA) is 24.1 Å². The number of allylic oxidation sites excluding steroid dienone is 1. The SMILES string of the molecule is C=C(NC)c1cccc(CNC(=C)C23CCCC2C2CCC4C(C)(CCC(C(C)(C)C)C4(C)CCC)C2CC3)c1.CC.CC.CCC.CCCCC. The lowest BCUT2D eigenvalue weighted by molar-refractivity contribution is -0.180. The average molecular weight is 721 g/mol. The van der Waals surface area contributed by atoms with Gasteiger partial charge in [-0.2, -0.15) is 0 Å². The van der Waals surface area contributed by atoms with Crippen LogP contribution in [0.15, 0.2) is 43.1 Å². The van der Waals surface area contributed by atoms with Crippen molar-refractivity contribution in [3.05, 3.63) is 54.2 Å². The first kappa shape index (κ1) is 48.3. The van der Waals surface area contributed by atoms with E-state index >= 15 is 0 Å². The third-order valence-electron chi connectivity index (χ3n) is 14.0. The van der Waals surface area contributed by atoms with Crippen LogP contribution in [0.5, 0.6) is 0 Å². The average Bonchev–Trinajstić information content (AvgIpc) is 3.59. The molecule has 8 atom stereocenters. The molecule has 8 unspecified atom stereocenters. The van der Waals surface area contributed by atoms with E-state index in [9.17, 15) is 0 Å². The van der Waals surface area contributed by atoms with E-state index in [1.54, 1.807) is 0 Å². The molecular formula is C50H92N2. The third kappa shape index (κ3) is 11.0. The molecule has 1 aromatic carbocycles. The van der Waals surface area contributed by atoms with Crippen LogP contribution < -0.4 is 10.6 Å². The zero-order valence-electron chi connectivity index (χ0n) is 37.9. The van der Waals surface area contributed by atoms with Crippen molar-refractivity contribution in [3.63, 3.8) is 0 Å². The van der Waals surface area contributed by atoms with Crippen LogP contribution in [0.3, 0.4) is 0 Å². The van der Waals surface area contributed by atoms with Crippen LogP contribution in [0.2, 0.25) is 0 Å². The molecule has 1 aromatic rings. The zero-order valence-corrected chi connectivity index (χ0v) is 37.9. The van der Waals surface area contributed by atoms with Crippen LogP contribution >= 0.6 is 0 Å². The van der Waals surface area contributed by atoms with Crippen molar-refractivity contribution in [2.75, 3.05) is 7.05 Å². The van der Waals surface area contributed by atoms with Gasteiger partial charge < -0.3 is 10.6 Å². The highest BCUT2D eigenvalue weighted by molar-refractivity contribution is 5.61. The van der Waals surface area contributed by atoms with Gasteiger partial charge in [-0.15, -0.1) is 0 Å². The van der Waals surface area contributed by atoms with E-state index < -0.39 is 0 Å². The minimum Gasteiger partial charge on any atom is -0.388 e. The molecule has 2 nitrogen and oxygen atoms in total. The van der Waals surface area contributed by atoms with Crippen LogP contribution in [0.25, 0.3) is 5.70 Å². The maximum atomic E-state index is 4.78.